The van der Waals surface area contributed by atoms with Gasteiger partial charge in [-0.25, -0.2) is 0 Å². The van der Waals surface area contributed by atoms with Crippen LogP contribution in [-0.2, 0) is 0 Å². The van der Waals surface area contributed by atoms with Crippen molar-refractivity contribution in [2.24, 2.45) is 0 Å². The summed E-state index contributed by atoms with van der Waals surface area (Å²) in [4.78, 5) is 31.3. The number of ether oxygens (including phenoxy) is 2. The topological polar surface area (TPSA) is 105 Å². The molecule has 2 heterocycles. The average Bonchev–Trinajstić information content (AvgIpc) is 3.16. The van der Waals surface area contributed by atoms with Gasteiger partial charge in [0, 0.05) is 24.7 Å². The SMILES string of the molecule is COc1ccc(OC)c2[nH]c(C(=O)NCCNC(=O)c3ccccn3)cc12. The van der Waals surface area contributed by atoms with Gasteiger partial charge in [-0.2, -0.15) is 0 Å². The third kappa shape index (κ3) is 4.00. The first-order valence-electron chi connectivity index (χ1n) is 8.35. The van der Waals surface area contributed by atoms with Crippen LogP contribution in [0.25, 0.3) is 10.9 Å². The highest BCUT2D eigenvalue weighted by molar-refractivity contribution is 6.01. The van der Waals surface area contributed by atoms with E-state index >= 15 is 0 Å². The van der Waals surface area contributed by atoms with E-state index in [0.29, 0.717) is 28.4 Å². The van der Waals surface area contributed by atoms with Crippen molar-refractivity contribution in [2.75, 3.05) is 27.3 Å². The zero-order valence-corrected chi connectivity index (χ0v) is 15.0. The van der Waals surface area contributed by atoms with E-state index in [-0.39, 0.29) is 24.9 Å². The lowest BCUT2D eigenvalue weighted by molar-refractivity contribution is 0.0923. The summed E-state index contributed by atoms with van der Waals surface area (Å²) in [5, 5.41) is 6.21. The summed E-state index contributed by atoms with van der Waals surface area (Å²) >= 11 is 0. The largest absolute Gasteiger partial charge is 0.496 e. The molecule has 3 N–H and O–H groups in total. The average molecular weight is 368 g/mol. The molecule has 0 bridgehead atoms. The second kappa shape index (κ2) is 8.22. The van der Waals surface area contributed by atoms with E-state index in [4.69, 9.17) is 9.47 Å². The first-order valence-corrected chi connectivity index (χ1v) is 8.35. The molecule has 27 heavy (non-hydrogen) atoms. The minimum Gasteiger partial charge on any atom is -0.496 e. The number of nitrogens with one attached hydrogen (secondary N) is 3. The number of nitrogens with zero attached hydrogens (tertiary/aromatic N) is 1. The predicted octanol–water partition coefficient (Wildman–Crippen LogP) is 1.74. The first-order chi connectivity index (χ1) is 13.1. The van der Waals surface area contributed by atoms with Gasteiger partial charge in [0.25, 0.3) is 11.8 Å². The van der Waals surface area contributed by atoms with Gasteiger partial charge in [0.1, 0.15) is 22.9 Å². The standard InChI is InChI=1S/C19H20N4O4/c1-26-15-6-7-16(27-2)17-12(15)11-14(23-17)19(25)22-10-9-21-18(24)13-5-3-4-8-20-13/h3-8,11,23H,9-10H2,1-2H3,(H,21,24)(H,22,25). The molecule has 140 valence electrons. The summed E-state index contributed by atoms with van der Waals surface area (Å²) in [6.45, 7) is 0.565. The van der Waals surface area contributed by atoms with Crippen LogP contribution < -0.4 is 20.1 Å². The fraction of sp³-hybridized carbons (Fsp3) is 0.211. The lowest BCUT2D eigenvalue weighted by atomic mass is 10.2. The van der Waals surface area contributed by atoms with Gasteiger partial charge < -0.3 is 25.1 Å². The Balaban J connectivity index is 1.60. The predicted molar refractivity (Wildman–Crippen MR) is 100 cm³/mol. The Morgan fingerprint density at radius 3 is 2.37 bits per heavy atom. The van der Waals surface area contributed by atoms with Crippen LogP contribution in [-0.4, -0.2) is 49.1 Å². The highest BCUT2D eigenvalue weighted by atomic mass is 16.5. The van der Waals surface area contributed by atoms with E-state index < -0.39 is 0 Å². The number of H-pyrrole nitrogens is 1. The molecule has 0 aliphatic rings. The second-order valence-electron chi connectivity index (χ2n) is 5.67. The van der Waals surface area contributed by atoms with Crippen LogP contribution in [0.3, 0.4) is 0 Å². The van der Waals surface area contributed by atoms with E-state index in [1.807, 2.05) is 0 Å². The van der Waals surface area contributed by atoms with Crippen molar-refractivity contribution >= 4 is 22.7 Å². The molecule has 1 aromatic carbocycles. The van der Waals surface area contributed by atoms with Gasteiger partial charge in [-0.3, -0.25) is 14.6 Å². The Hall–Kier alpha value is -3.55. The molecule has 3 aromatic rings. The van der Waals surface area contributed by atoms with Crippen LogP contribution in [0.2, 0.25) is 0 Å². The third-order valence-electron chi connectivity index (χ3n) is 3.99. The van der Waals surface area contributed by atoms with Gasteiger partial charge in [-0.15, -0.1) is 0 Å². The molecule has 0 saturated carbocycles. The van der Waals surface area contributed by atoms with E-state index in [0.717, 1.165) is 5.39 Å². The van der Waals surface area contributed by atoms with Crippen molar-refractivity contribution in [1.82, 2.24) is 20.6 Å². The maximum absolute atomic E-state index is 12.4. The minimum absolute atomic E-state index is 0.279. The summed E-state index contributed by atoms with van der Waals surface area (Å²) in [6, 6.07) is 10.4. The van der Waals surface area contributed by atoms with Crippen molar-refractivity contribution in [3.63, 3.8) is 0 Å². The maximum Gasteiger partial charge on any atom is 0.269 e. The van der Waals surface area contributed by atoms with Crippen molar-refractivity contribution < 1.29 is 19.1 Å². The van der Waals surface area contributed by atoms with E-state index in [1.54, 1.807) is 56.8 Å². The molecule has 8 heteroatoms. The highest BCUT2D eigenvalue weighted by Crippen LogP contribution is 2.33. The number of carbonyl (C=O) groups is 2. The number of hydrogen-bond donors (Lipinski definition) is 3. The number of carbonyl (C=O) groups excluding carboxylic acids is 2. The molecule has 0 saturated heterocycles. The number of benzene rings is 1. The van der Waals surface area contributed by atoms with Gasteiger partial charge in [0.15, 0.2) is 0 Å². The number of aromatic nitrogens is 2. The van der Waals surface area contributed by atoms with E-state index in [2.05, 4.69) is 20.6 Å². The second-order valence-corrected chi connectivity index (χ2v) is 5.67. The molecule has 2 amide bonds. The summed E-state index contributed by atoms with van der Waals surface area (Å²) in [6.07, 6.45) is 1.55. The smallest absolute Gasteiger partial charge is 0.269 e. The quantitative estimate of drug-likeness (QED) is 0.551. The lowest BCUT2D eigenvalue weighted by Crippen LogP contribution is -2.35. The van der Waals surface area contributed by atoms with Gasteiger partial charge in [-0.05, 0) is 30.3 Å². The summed E-state index contributed by atoms with van der Waals surface area (Å²) in [5.74, 6) is 0.684. The van der Waals surface area contributed by atoms with Crippen molar-refractivity contribution in [2.45, 2.75) is 0 Å². The number of methoxy groups -OCH3 is 2. The van der Waals surface area contributed by atoms with Crippen LogP contribution in [0.5, 0.6) is 11.5 Å². The number of pyridine rings is 1. The summed E-state index contributed by atoms with van der Waals surface area (Å²) < 4.78 is 10.6. The molecule has 0 spiro atoms. The molecule has 0 unspecified atom stereocenters. The number of hydrogen-bond acceptors (Lipinski definition) is 5. The molecular weight excluding hydrogens is 348 g/mol. The van der Waals surface area contributed by atoms with Crippen LogP contribution in [0.1, 0.15) is 21.0 Å². The Bertz CT molecular complexity index is 912. The van der Waals surface area contributed by atoms with E-state index in [1.165, 1.54) is 0 Å². The fourth-order valence-corrected chi connectivity index (χ4v) is 2.67. The summed E-state index contributed by atoms with van der Waals surface area (Å²) in [7, 11) is 3.13. The minimum atomic E-state index is -0.289. The van der Waals surface area contributed by atoms with Crippen LogP contribution >= 0.6 is 0 Å². The maximum atomic E-state index is 12.4. The Morgan fingerprint density at radius 2 is 1.70 bits per heavy atom. The summed E-state index contributed by atoms with van der Waals surface area (Å²) in [5.41, 5.74) is 1.40. The van der Waals surface area contributed by atoms with Crippen molar-refractivity contribution in [3.05, 3.63) is 54.0 Å². The molecule has 0 fully saturated rings. The number of amides is 2. The van der Waals surface area contributed by atoms with Gasteiger partial charge in [0.05, 0.1) is 19.7 Å². The Labute approximate surface area is 155 Å². The van der Waals surface area contributed by atoms with Crippen LogP contribution in [0.15, 0.2) is 42.6 Å². The monoisotopic (exact) mass is 368 g/mol. The molecule has 8 nitrogen and oxygen atoms in total. The Kier molecular flexibility index (Phi) is 5.55. The molecule has 0 aliphatic carbocycles. The highest BCUT2D eigenvalue weighted by Gasteiger charge is 2.15. The number of fused-ring (bicyclic) bond motifs is 1. The Morgan fingerprint density at radius 1 is 1.00 bits per heavy atom. The van der Waals surface area contributed by atoms with E-state index in [9.17, 15) is 9.59 Å². The first kappa shape index (κ1) is 18.2. The van der Waals surface area contributed by atoms with Gasteiger partial charge >= 0.3 is 0 Å². The third-order valence-corrected chi connectivity index (χ3v) is 3.99. The lowest BCUT2D eigenvalue weighted by Gasteiger charge is -2.06. The van der Waals surface area contributed by atoms with Gasteiger partial charge in [0.2, 0.25) is 0 Å². The number of rotatable bonds is 7. The molecule has 2 aromatic heterocycles. The van der Waals surface area contributed by atoms with Crippen LogP contribution in [0.4, 0.5) is 0 Å². The number of aromatic amines is 1. The van der Waals surface area contributed by atoms with Crippen LogP contribution in [0, 0.1) is 0 Å². The fourth-order valence-electron chi connectivity index (χ4n) is 2.67. The molecule has 0 aliphatic heterocycles. The van der Waals surface area contributed by atoms with Crippen molar-refractivity contribution in [1.29, 1.82) is 0 Å². The molecular formula is C19H20N4O4. The molecule has 0 atom stereocenters. The van der Waals surface area contributed by atoms with Gasteiger partial charge in [-0.1, -0.05) is 6.07 Å². The van der Waals surface area contributed by atoms with Crippen molar-refractivity contribution in [3.8, 4) is 11.5 Å². The normalized spacial score (nSPS) is 10.4. The zero-order valence-electron chi connectivity index (χ0n) is 15.0. The molecule has 3 rings (SSSR count). The zero-order chi connectivity index (χ0) is 19.2. The molecule has 0 radical (unpaired) electrons.